The zero-order valence-corrected chi connectivity index (χ0v) is 12.9. The Bertz CT molecular complexity index is 610. The average molecular weight is 304 g/mol. The van der Waals surface area contributed by atoms with Crippen LogP contribution in [-0.2, 0) is 11.2 Å². The normalized spacial score (nSPS) is 11.8. The number of amides is 1. The Labute approximate surface area is 129 Å². The van der Waals surface area contributed by atoms with Crippen LogP contribution in [0.1, 0.15) is 24.1 Å². The van der Waals surface area contributed by atoms with E-state index in [2.05, 4.69) is 5.32 Å². The van der Waals surface area contributed by atoms with Crippen LogP contribution in [0.15, 0.2) is 48.5 Å². The van der Waals surface area contributed by atoms with E-state index in [1.165, 1.54) is 0 Å². The van der Waals surface area contributed by atoms with Crippen molar-refractivity contribution in [1.29, 1.82) is 0 Å². The van der Waals surface area contributed by atoms with Crippen molar-refractivity contribution in [3.8, 4) is 5.75 Å². The van der Waals surface area contributed by atoms with Gasteiger partial charge in [-0.25, -0.2) is 0 Å². The van der Waals surface area contributed by atoms with Crippen molar-refractivity contribution in [2.45, 2.75) is 19.4 Å². The fourth-order valence-corrected chi connectivity index (χ4v) is 2.28. The molecule has 0 unspecified atom stereocenters. The summed E-state index contributed by atoms with van der Waals surface area (Å²) in [5, 5.41) is 3.64. The molecule has 2 rings (SSSR count). The molecule has 0 aliphatic carbocycles. The van der Waals surface area contributed by atoms with Gasteiger partial charge in [0.15, 0.2) is 0 Å². The molecule has 1 N–H and O–H groups in total. The van der Waals surface area contributed by atoms with Crippen LogP contribution < -0.4 is 10.1 Å². The predicted molar refractivity (Wildman–Crippen MR) is 84.7 cm³/mol. The van der Waals surface area contributed by atoms with Gasteiger partial charge in [0.2, 0.25) is 5.91 Å². The minimum absolute atomic E-state index is 0.0207. The van der Waals surface area contributed by atoms with Crippen LogP contribution in [0.5, 0.6) is 5.75 Å². The number of methoxy groups -OCH3 is 1. The largest absolute Gasteiger partial charge is 0.497 e. The van der Waals surface area contributed by atoms with Gasteiger partial charge < -0.3 is 10.1 Å². The van der Waals surface area contributed by atoms with Crippen molar-refractivity contribution >= 4 is 17.5 Å². The van der Waals surface area contributed by atoms with Crippen molar-refractivity contribution in [2.24, 2.45) is 0 Å². The zero-order chi connectivity index (χ0) is 15.2. The lowest BCUT2D eigenvalue weighted by atomic mass is 10.1. The quantitative estimate of drug-likeness (QED) is 0.913. The highest BCUT2D eigenvalue weighted by atomic mass is 35.5. The van der Waals surface area contributed by atoms with Crippen LogP contribution in [0, 0.1) is 0 Å². The summed E-state index contributed by atoms with van der Waals surface area (Å²) in [5.74, 6) is 0.763. The minimum atomic E-state index is -0.0746. The van der Waals surface area contributed by atoms with Crippen molar-refractivity contribution in [2.75, 3.05) is 7.11 Å². The molecule has 0 radical (unpaired) electrons. The molecule has 1 atom stereocenters. The molecule has 110 valence electrons. The lowest BCUT2D eigenvalue weighted by Gasteiger charge is -2.14. The Hall–Kier alpha value is -2.00. The van der Waals surface area contributed by atoms with E-state index in [0.29, 0.717) is 11.4 Å². The summed E-state index contributed by atoms with van der Waals surface area (Å²) < 4.78 is 5.09. The second-order valence-corrected chi connectivity index (χ2v) is 5.31. The third-order valence-corrected chi connectivity index (χ3v) is 3.49. The molecule has 4 heteroatoms. The van der Waals surface area contributed by atoms with Gasteiger partial charge >= 0.3 is 0 Å². The van der Waals surface area contributed by atoms with E-state index in [9.17, 15) is 4.79 Å². The maximum atomic E-state index is 12.1. The first kappa shape index (κ1) is 15.4. The first-order chi connectivity index (χ1) is 10.1. The third kappa shape index (κ3) is 4.50. The lowest BCUT2D eigenvalue weighted by Crippen LogP contribution is -2.28. The van der Waals surface area contributed by atoms with E-state index in [1.54, 1.807) is 7.11 Å². The van der Waals surface area contributed by atoms with Crippen molar-refractivity contribution in [3.63, 3.8) is 0 Å². The van der Waals surface area contributed by atoms with Crippen molar-refractivity contribution in [1.82, 2.24) is 5.32 Å². The van der Waals surface area contributed by atoms with Crippen LogP contribution >= 0.6 is 11.6 Å². The zero-order valence-electron chi connectivity index (χ0n) is 12.1. The van der Waals surface area contributed by atoms with E-state index in [1.807, 2.05) is 55.5 Å². The second-order valence-electron chi connectivity index (χ2n) is 4.87. The summed E-state index contributed by atoms with van der Waals surface area (Å²) >= 11 is 5.96. The molecule has 0 bridgehead atoms. The van der Waals surface area contributed by atoms with Crippen LogP contribution in [0.3, 0.4) is 0 Å². The Morgan fingerprint density at radius 2 is 1.95 bits per heavy atom. The van der Waals surface area contributed by atoms with E-state index in [0.717, 1.165) is 16.9 Å². The molecular formula is C17H18ClNO2. The monoisotopic (exact) mass is 303 g/mol. The van der Waals surface area contributed by atoms with Gasteiger partial charge in [-0.3, -0.25) is 4.79 Å². The molecule has 0 aliphatic rings. The maximum absolute atomic E-state index is 12.1. The molecular weight excluding hydrogens is 286 g/mol. The fraction of sp³-hybridized carbons (Fsp3) is 0.235. The van der Waals surface area contributed by atoms with Gasteiger partial charge in [0.05, 0.1) is 19.6 Å². The first-order valence-corrected chi connectivity index (χ1v) is 7.14. The molecule has 0 aliphatic heterocycles. The molecule has 0 heterocycles. The van der Waals surface area contributed by atoms with E-state index >= 15 is 0 Å². The molecule has 0 saturated carbocycles. The highest BCUT2D eigenvalue weighted by Crippen LogP contribution is 2.17. The predicted octanol–water partition coefficient (Wildman–Crippen LogP) is 3.77. The standard InChI is InChI=1S/C17H18ClNO2/c1-12(14-4-3-5-15(18)11-14)19-17(20)10-13-6-8-16(21-2)9-7-13/h3-9,11-12H,10H2,1-2H3,(H,19,20)/t12-/m1/s1. The van der Waals surface area contributed by atoms with Gasteiger partial charge in [0.25, 0.3) is 0 Å². The molecule has 1 amide bonds. The summed E-state index contributed by atoms with van der Waals surface area (Å²) in [4.78, 5) is 12.1. The Morgan fingerprint density at radius 1 is 1.24 bits per heavy atom. The highest BCUT2D eigenvalue weighted by Gasteiger charge is 2.10. The maximum Gasteiger partial charge on any atom is 0.224 e. The number of hydrogen-bond donors (Lipinski definition) is 1. The molecule has 0 saturated heterocycles. The van der Waals surface area contributed by atoms with Crippen molar-refractivity contribution in [3.05, 3.63) is 64.7 Å². The number of hydrogen-bond acceptors (Lipinski definition) is 2. The van der Waals surface area contributed by atoms with Crippen LogP contribution in [0.2, 0.25) is 5.02 Å². The van der Waals surface area contributed by atoms with Gasteiger partial charge in [0.1, 0.15) is 5.75 Å². The van der Waals surface area contributed by atoms with Crippen LogP contribution in [0.4, 0.5) is 0 Å². The fourth-order valence-electron chi connectivity index (χ4n) is 2.08. The minimum Gasteiger partial charge on any atom is -0.497 e. The van der Waals surface area contributed by atoms with Crippen LogP contribution in [-0.4, -0.2) is 13.0 Å². The molecule has 2 aromatic carbocycles. The average Bonchev–Trinajstić information content (AvgIpc) is 2.48. The van der Waals surface area contributed by atoms with E-state index in [-0.39, 0.29) is 11.9 Å². The molecule has 3 nitrogen and oxygen atoms in total. The van der Waals surface area contributed by atoms with Gasteiger partial charge in [0, 0.05) is 5.02 Å². The van der Waals surface area contributed by atoms with Gasteiger partial charge in [-0.1, -0.05) is 35.9 Å². The summed E-state index contributed by atoms with van der Waals surface area (Å²) in [6, 6.07) is 14.9. The number of carbonyl (C=O) groups excluding carboxylic acids is 1. The van der Waals surface area contributed by atoms with E-state index < -0.39 is 0 Å². The topological polar surface area (TPSA) is 38.3 Å². The molecule has 0 spiro atoms. The third-order valence-electron chi connectivity index (χ3n) is 3.25. The Balaban J connectivity index is 1.94. The SMILES string of the molecule is COc1ccc(CC(=O)N[C@H](C)c2cccc(Cl)c2)cc1. The second kappa shape index (κ2) is 7.14. The Kier molecular flexibility index (Phi) is 5.23. The smallest absolute Gasteiger partial charge is 0.224 e. The molecule has 21 heavy (non-hydrogen) atoms. The lowest BCUT2D eigenvalue weighted by molar-refractivity contribution is -0.121. The highest BCUT2D eigenvalue weighted by molar-refractivity contribution is 6.30. The van der Waals surface area contributed by atoms with Gasteiger partial charge in [-0.2, -0.15) is 0 Å². The number of carbonyl (C=O) groups is 1. The van der Waals surface area contributed by atoms with Crippen LogP contribution in [0.25, 0.3) is 0 Å². The molecule has 0 aromatic heterocycles. The summed E-state index contributed by atoms with van der Waals surface area (Å²) in [5.41, 5.74) is 1.94. The molecule has 2 aromatic rings. The summed E-state index contributed by atoms with van der Waals surface area (Å²) in [6.07, 6.45) is 0.342. The van der Waals surface area contributed by atoms with E-state index in [4.69, 9.17) is 16.3 Å². The Morgan fingerprint density at radius 3 is 2.57 bits per heavy atom. The number of ether oxygens (including phenoxy) is 1. The van der Waals surface area contributed by atoms with Gasteiger partial charge in [-0.15, -0.1) is 0 Å². The van der Waals surface area contributed by atoms with Gasteiger partial charge in [-0.05, 0) is 42.3 Å². The number of halogens is 1. The number of benzene rings is 2. The number of nitrogens with one attached hydrogen (secondary N) is 1. The summed E-state index contributed by atoms with van der Waals surface area (Å²) in [6.45, 7) is 1.94. The molecule has 0 fully saturated rings. The number of rotatable bonds is 5. The summed E-state index contributed by atoms with van der Waals surface area (Å²) in [7, 11) is 1.62. The first-order valence-electron chi connectivity index (χ1n) is 6.76. The van der Waals surface area contributed by atoms with Crippen molar-refractivity contribution < 1.29 is 9.53 Å².